The van der Waals surface area contributed by atoms with E-state index in [0.717, 1.165) is 62.7 Å². The smallest absolute Gasteiger partial charge is 0.190 e. The second-order valence-electron chi connectivity index (χ2n) is 11.7. The minimum atomic E-state index is -0.521. The summed E-state index contributed by atoms with van der Waals surface area (Å²) >= 11 is 0. The van der Waals surface area contributed by atoms with E-state index in [1.165, 1.54) is 12.8 Å². The highest BCUT2D eigenvalue weighted by Gasteiger charge is 2.61. The molecule has 0 aromatic heterocycles. The highest BCUT2D eigenvalue weighted by molar-refractivity contribution is 5.27. The lowest BCUT2D eigenvalue weighted by atomic mass is 9.94. The van der Waals surface area contributed by atoms with Crippen molar-refractivity contribution in [3.8, 4) is 5.75 Å². The van der Waals surface area contributed by atoms with E-state index in [9.17, 15) is 0 Å². The molecule has 6 rings (SSSR count). The summed E-state index contributed by atoms with van der Waals surface area (Å²) < 4.78 is 44.8. The SMILES string of the molecule is CC(C)COc1ccc(CO[C@@H]2[C@H]3OC4(CCCCC4)O[C@H]3O[C@@H]2C2COC3(CCCCC3)O2)cc1. The maximum Gasteiger partial charge on any atom is 0.190 e. The molecule has 5 fully saturated rings. The van der Waals surface area contributed by atoms with E-state index in [2.05, 4.69) is 26.0 Å². The molecule has 2 aliphatic carbocycles. The van der Waals surface area contributed by atoms with E-state index in [0.29, 0.717) is 25.7 Å². The normalized spacial score (nSPS) is 35.0. The fraction of sp³-hybridized carbons (Fsp3) is 0.793. The Balaban J connectivity index is 1.14. The van der Waals surface area contributed by atoms with Gasteiger partial charge in [0, 0.05) is 25.7 Å². The molecule has 0 bridgehead atoms. The van der Waals surface area contributed by atoms with Crippen molar-refractivity contribution < 1.29 is 33.2 Å². The maximum absolute atomic E-state index is 6.63. The van der Waals surface area contributed by atoms with Gasteiger partial charge in [-0.2, -0.15) is 0 Å². The lowest BCUT2D eigenvalue weighted by molar-refractivity contribution is -0.263. The third kappa shape index (κ3) is 5.20. The summed E-state index contributed by atoms with van der Waals surface area (Å²) in [6.45, 7) is 6.00. The summed E-state index contributed by atoms with van der Waals surface area (Å²) in [5.41, 5.74) is 1.09. The minimum Gasteiger partial charge on any atom is -0.493 e. The van der Waals surface area contributed by atoms with Gasteiger partial charge in [0.15, 0.2) is 17.9 Å². The van der Waals surface area contributed by atoms with Crippen LogP contribution in [0.25, 0.3) is 0 Å². The summed E-state index contributed by atoms with van der Waals surface area (Å²) in [5.74, 6) is 0.409. The van der Waals surface area contributed by atoms with Crippen molar-refractivity contribution in [2.24, 2.45) is 5.92 Å². The Morgan fingerprint density at radius 1 is 0.833 bits per heavy atom. The Morgan fingerprint density at radius 2 is 1.53 bits per heavy atom. The first kappa shape index (κ1) is 25.1. The number of ether oxygens (including phenoxy) is 7. The summed E-state index contributed by atoms with van der Waals surface area (Å²) in [6, 6.07) is 8.16. The van der Waals surface area contributed by atoms with Gasteiger partial charge in [-0.05, 0) is 49.3 Å². The zero-order valence-corrected chi connectivity index (χ0v) is 21.8. The molecule has 1 unspecified atom stereocenters. The summed E-state index contributed by atoms with van der Waals surface area (Å²) in [4.78, 5) is 0. The molecule has 3 aliphatic heterocycles. The van der Waals surface area contributed by atoms with Crippen LogP contribution in [0.3, 0.4) is 0 Å². The molecule has 0 amide bonds. The number of fused-ring (bicyclic) bond motifs is 1. The van der Waals surface area contributed by atoms with Crippen LogP contribution in [0.1, 0.15) is 83.6 Å². The first-order valence-corrected chi connectivity index (χ1v) is 14.2. The van der Waals surface area contributed by atoms with E-state index in [4.69, 9.17) is 33.2 Å². The molecule has 7 nitrogen and oxygen atoms in total. The van der Waals surface area contributed by atoms with Crippen molar-refractivity contribution in [3.05, 3.63) is 29.8 Å². The molecule has 3 saturated heterocycles. The van der Waals surface area contributed by atoms with Crippen LogP contribution in [0.4, 0.5) is 0 Å². The fourth-order valence-corrected chi connectivity index (χ4v) is 6.40. The molecular weight excluding hydrogens is 460 g/mol. The van der Waals surface area contributed by atoms with Crippen LogP contribution in [0.15, 0.2) is 24.3 Å². The van der Waals surface area contributed by atoms with Crippen LogP contribution in [0, 0.1) is 5.92 Å². The van der Waals surface area contributed by atoms with Crippen molar-refractivity contribution in [2.75, 3.05) is 13.2 Å². The monoisotopic (exact) mass is 502 g/mol. The van der Waals surface area contributed by atoms with Gasteiger partial charge in [0.1, 0.15) is 30.2 Å². The molecule has 3 heterocycles. The second-order valence-corrected chi connectivity index (χ2v) is 11.7. The molecule has 36 heavy (non-hydrogen) atoms. The maximum atomic E-state index is 6.63. The molecule has 0 radical (unpaired) electrons. The first-order valence-electron chi connectivity index (χ1n) is 14.2. The van der Waals surface area contributed by atoms with Gasteiger partial charge in [-0.25, -0.2) is 0 Å². The molecule has 2 saturated carbocycles. The van der Waals surface area contributed by atoms with Gasteiger partial charge in [0.25, 0.3) is 0 Å². The van der Waals surface area contributed by atoms with Gasteiger partial charge in [0.05, 0.1) is 19.8 Å². The van der Waals surface area contributed by atoms with E-state index in [1.54, 1.807) is 0 Å². The lowest BCUT2D eigenvalue weighted by Gasteiger charge is -2.35. The summed E-state index contributed by atoms with van der Waals surface area (Å²) in [7, 11) is 0. The Kier molecular flexibility index (Phi) is 7.32. The van der Waals surface area contributed by atoms with Gasteiger partial charge in [-0.15, -0.1) is 0 Å². The predicted molar refractivity (Wildman–Crippen MR) is 132 cm³/mol. The molecule has 1 aromatic rings. The summed E-state index contributed by atoms with van der Waals surface area (Å²) in [5, 5.41) is 0. The van der Waals surface area contributed by atoms with E-state index in [1.807, 2.05) is 12.1 Å². The molecule has 0 N–H and O–H groups in total. The fourth-order valence-electron chi connectivity index (χ4n) is 6.40. The highest BCUT2D eigenvalue weighted by atomic mass is 16.9. The molecular formula is C29H42O7. The van der Waals surface area contributed by atoms with Crippen LogP contribution in [0.5, 0.6) is 5.75 Å². The van der Waals surface area contributed by atoms with Crippen LogP contribution in [-0.2, 0) is 35.0 Å². The van der Waals surface area contributed by atoms with Crippen LogP contribution in [0.2, 0.25) is 0 Å². The molecule has 7 heteroatoms. The predicted octanol–water partition coefficient (Wildman–Crippen LogP) is 5.48. The number of hydrogen-bond acceptors (Lipinski definition) is 7. The first-order chi connectivity index (χ1) is 17.5. The molecule has 5 atom stereocenters. The minimum absolute atomic E-state index is 0.181. The van der Waals surface area contributed by atoms with Gasteiger partial charge in [0.2, 0.25) is 0 Å². The molecule has 1 aromatic carbocycles. The number of hydrogen-bond donors (Lipinski definition) is 0. The Morgan fingerprint density at radius 3 is 2.22 bits per heavy atom. The molecule has 5 aliphatic rings. The number of rotatable bonds is 7. The van der Waals surface area contributed by atoms with Gasteiger partial charge in [-0.3, -0.25) is 0 Å². The van der Waals surface area contributed by atoms with Crippen molar-refractivity contribution in [1.82, 2.24) is 0 Å². The Labute approximate surface area is 215 Å². The number of benzene rings is 1. The van der Waals surface area contributed by atoms with Crippen molar-refractivity contribution in [2.45, 2.75) is 127 Å². The third-order valence-corrected chi connectivity index (χ3v) is 8.31. The van der Waals surface area contributed by atoms with Crippen molar-refractivity contribution in [3.63, 3.8) is 0 Å². The van der Waals surface area contributed by atoms with E-state index in [-0.39, 0.29) is 24.4 Å². The highest BCUT2D eigenvalue weighted by Crippen LogP contribution is 2.48. The van der Waals surface area contributed by atoms with Gasteiger partial charge < -0.3 is 33.2 Å². The third-order valence-electron chi connectivity index (χ3n) is 8.31. The zero-order chi connectivity index (χ0) is 24.6. The van der Waals surface area contributed by atoms with Crippen LogP contribution < -0.4 is 4.74 Å². The standard InChI is InChI=1S/C29H42O7/c1-20(2)17-30-22-11-9-21(10-12-22)18-31-25-24(23-19-32-28(34-23)13-5-3-6-14-28)33-27-26(25)35-29(36-27)15-7-4-8-16-29/h9-12,20,23-27H,3-8,13-19H2,1-2H3/t23?,24-,25+,26-,27-/m1/s1. The quantitative estimate of drug-likeness (QED) is 0.489. The van der Waals surface area contributed by atoms with Crippen LogP contribution >= 0.6 is 0 Å². The van der Waals surface area contributed by atoms with Crippen LogP contribution in [-0.4, -0.2) is 55.5 Å². The molecule has 200 valence electrons. The van der Waals surface area contributed by atoms with E-state index >= 15 is 0 Å². The molecule has 2 spiro atoms. The van der Waals surface area contributed by atoms with E-state index < -0.39 is 17.9 Å². The Bertz CT molecular complexity index is 859. The second kappa shape index (κ2) is 10.5. The lowest BCUT2D eigenvalue weighted by Crippen LogP contribution is -2.45. The largest absolute Gasteiger partial charge is 0.493 e. The van der Waals surface area contributed by atoms with Crippen molar-refractivity contribution >= 4 is 0 Å². The van der Waals surface area contributed by atoms with Crippen molar-refractivity contribution in [1.29, 1.82) is 0 Å². The summed E-state index contributed by atoms with van der Waals surface area (Å²) in [6.07, 6.45) is 9.37. The van der Waals surface area contributed by atoms with Gasteiger partial charge in [-0.1, -0.05) is 38.8 Å². The van der Waals surface area contributed by atoms with Gasteiger partial charge >= 0.3 is 0 Å². The Hall–Kier alpha value is -1.22. The average Bonchev–Trinajstić information content (AvgIpc) is 3.54. The topological polar surface area (TPSA) is 64.6 Å². The zero-order valence-electron chi connectivity index (χ0n) is 21.8. The average molecular weight is 503 g/mol.